The largest absolute Gasteiger partial charge is 0.371 e. The maximum absolute atomic E-state index is 13.4. The van der Waals surface area contributed by atoms with Crippen LogP contribution in [0.2, 0.25) is 0 Å². The van der Waals surface area contributed by atoms with Crippen molar-refractivity contribution in [1.82, 2.24) is 5.32 Å². The highest BCUT2D eigenvalue weighted by Crippen LogP contribution is 2.16. The lowest BCUT2D eigenvalue weighted by Gasteiger charge is -2.20. The van der Waals surface area contributed by atoms with Gasteiger partial charge < -0.3 is 10.2 Å². The van der Waals surface area contributed by atoms with Gasteiger partial charge in [0.2, 0.25) is 0 Å². The van der Waals surface area contributed by atoms with E-state index in [0.717, 1.165) is 13.1 Å². The molecule has 84 valence electrons. The monoisotopic (exact) mass is 210 g/mol. The number of hydrogen-bond donors (Lipinski definition) is 1. The van der Waals surface area contributed by atoms with Crippen molar-refractivity contribution >= 4 is 5.69 Å². The van der Waals surface area contributed by atoms with Crippen molar-refractivity contribution < 1.29 is 4.39 Å². The van der Waals surface area contributed by atoms with Gasteiger partial charge in [-0.15, -0.1) is 0 Å². The first-order valence-corrected chi connectivity index (χ1v) is 5.30. The van der Waals surface area contributed by atoms with Gasteiger partial charge in [0.15, 0.2) is 0 Å². The molecule has 1 rings (SSSR count). The Hall–Kier alpha value is -1.09. The number of para-hydroxylation sites is 1. The van der Waals surface area contributed by atoms with Crippen LogP contribution in [0.3, 0.4) is 0 Å². The van der Waals surface area contributed by atoms with E-state index in [0.29, 0.717) is 11.7 Å². The number of rotatable bonds is 5. The van der Waals surface area contributed by atoms with Crippen LogP contribution in [0.4, 0.5) is 10.1 Å². The highest BCUT2D eigenvalue weighted by molar-refractivity contribution is 5.46. The lowest BCUT2D eigenvalue weighted by atomic mass is 10.3. The Balaban J connectivity index is 2.47. The van der Waals surface area contributed by atoms with Gasteiger partial charge in [0.25, 0.3) is 0 Å². The minimum absolute atomic E-state index is 0.162. The molecule has 1 aromatic carbocycles. The Labute approximate surface area is 91.1 Å². The van der Waals surface area contributed by atoms with Gasteiger partial charge in [-0.2, -0.15) is 0 Å². The highest BCUT2D eigenvalue weighted by atomic mass is 19.1. The van der Waals surface area contributed by atoms with Gasteiger partial charge in [-0.25, -0.2) is 4.39 Å². The molecule has 0 saturated heterocycles. The Morgan fingerprint density at radius 1 is 1.33 bits per heavy atom. The van der Waals surface area contributed by atoms with E-state index >= 15 is 0 Å². The first-order chi connectivity index (χ1) is 7.11. The molecule has 0 aliphatic heterocycles. The van der Waals surface area contributed by atoms with Gasteiger partial charge in [-0.05, 0) is 12.1 Å². The van der Waals surface area contributed by atoms with Crippen LogP contribution in [0.25, 0.3) is 0 Å². The summed E-state index contributed by atoms with van der Waals surface area (Å²) in [6, 6.07) is 7.31. The standard InChI is InChI=1S/C12H19FN2/c1-10(2)14-8-9-15(3)12-7-5-4-6-11(12)13/h4-7,10,14H,8-9H2,1-3H3. The molecule has 0 aliphatic carbocycles. The molecule has 0 aliphatic rings. The molecule has 1 aromatic rings. The molecule has 0 fully saturated rings. The summed E-state index contributed by atoms with van der Waals surface area (Å²) in [6.45, 7) is 5.87. The molecule has 3 heteroatoms. The topological polar surface area (TPSA) is 15.3 Å². The third-order valence-corrected chi connectivity index (χ3v) is 2.26. The van der Waals surface area contributed by atoms with Crippen molar-refractivity contribution in [2.45, 2.75) is 19.9 Å². The Kier molecular flexibility index (Phi) is 4.56. The Morgan fingerprint density at radius 3 is 2.60 bits per heavy atom. The lowest BCUT2D eigenvalue weighted by Crippen LogP contribution is -2.33. The number of likely N-dealkylation sites (N-methyl/N-ethyl adjacent to an activating group) is 1. The summed E-state index contributed by atoms with van der Waals surface area (Å²) in [4.78, 5) is 1.92. The van der Waals surface area contributed by atoms with Crippen molar-refractivity contribution in [3.05, 3.63) is 30.1 Å². The Morgan fingerprint density at radius 2 is 2.00 bits per heavy atom. The van der Waals surface area contributed by atoms with Crippen molar-refractivity contribution in [3.63, 3.8) is 0 Å². The normalized spacial score (nSPS) is 10.7. The van der Waals surface area contributed by atoms with Crippen molar-refractivity contribution in [2.24, 2.45) is 0 Å². The van der Waals surface area contributed by atoms with Crippen LogP contribution in [-0.2, 0) is 0 Å². The van der Waals surface area contributed by atoms with Gasteiger partial charge in [0, 0.05) is 26.2 Å². The van der Waals surface area contributed by atoms with Crippen LogP contribution >= 0.6 is 0 Å². The van der Waals surface area contributed by atoms with E-state index < -0.39 is 0 Å². The number of anilines is 1. The molecule has 0 heterocycles. The summed E-state index contributed by atoms with van der Waals surface area (Å²) in [7, 11) is 1.90. The predicted octanol–water partition coefficient (Wildman–Crippen LogP) is 2.26. The molecule has 15 heavy (non-hydrogen) atoms. The van der Waals surface area contributed by atoms with E-state index in [4.69, 9.17) is 0 Å². The fraction of sp³-hybridized carbons (Fsp3) is 0.500. The van der Waals surface area contributed by atoms with E-state index in [9.17, 15) is 4.39 Å². The molecule has 0 spiro atoms. The van der Waals surface area contributed by atoms with E-state index in [-0.39, 0.29) is 5.82 Å². The van der Waals surface area contributed by atoms with Crippen LogP contribution in [-0.4, -0.2) is 26.2 Å². The lowest BCUT2D eigenvalue weighted by molar-refractivity contribution is 0.582. The maximum Gasteiger partial charge on any atom is 0.146 e. The summed E-state index contributed by atoms with van der Waals surface area (Å²) < 4.78 is 13.4. The van der Waals surface area contributed by atoms with Crippen LogP contribution in [0.5, 0.6) is 0 Å². The molecule has 2 nitrogen and oxygen atoms in total. The second-order valence-electron chi connectivity index (χ2n) is 3.98. The molecule has 1 N–H and O–H groups in total. The zero-order valence-corrected chi connectivity index (χ0v) is 9.63. The number of halogens is 1. The molecular formula is C12H19FN2. The van der Waals surface area contributed by atoms with Crippen LogP contribution in [0.1, 0.15) is 13.8 Å². The van der Waals surface area contributed by atoms with Gasteiger partial charge in [0.1, 0.15) is 5.82 Å². The maximum atomic E-state index is 13.4. The molecule has 0 bridgehead atoms. The second kappa shape index (κ2) is 5.71. The van der Waals surface area contributed by atoms with Crippen molar-refractivity contribution in [3.8, 4) is 0 Å². The van der Waals surface area contributed by atoms with Crippen molar-refractivity contribution in [2.75, 3.05) is 25.0 Å². The van der Waals surface area contributed by atoms with Gasteiger partial charge in [-0.1, -0.05) is 26.0 Å². The zero-order chi connectivity index (χ0) is 11.3. The van der Waals surface area contributed by atoms with E-state index in [1.807, 2.05) is 18.0 Å². The fourth-order valence-electron chi connectivity index (χ4n) is 1.40. The van der Waals surface area contributed by atoms with Gasteiger partial charge in [-0.3, -0.25) is 0 Å². The summed E-state index contributed by atoms with van der Waals surface area (Å²) in [5.74, 6) is -0.162. The van der Waals surface area contributed by atoms with E-state index in [1.54, 1.807) is 12.1 Å². The average Bonchev–Trinajstić information content (AvgIpc) is 2.17. The molecule has 0 aromatic heterocycles. The highest BCUT2D eigenvalue weighted by Gasteiger charge is 2.05. The SMILES string of the molecule is CC(C)NCCN(C)c1ccccc1F. The number of hydrogen-bond acceptors (Lipinski definition) is 2. The molecule has 0 radical (unpaired) electrons. The molecular weight excluding hydrogens is 191 g/mol. The van der Waals surface area contributed by atoms with Gasteiger partial charge in [0.05, 0.1) is 5.69 Å². The minimum Gasteiger partial charge on any atom is -0.371 e. The summed E-state index contributed by atoms with van der Waals surface area (Å²) in [5.41, 5.74) is 0.656. The van der Waals surface area contributed by atoms with Gasteiger partial charge >= 0.3 is 0 Å². The minimum atomic E-state index is -0.162. The molecule has 0 unspecified atom stereocenters. The Bertz CT molecular complexity index is 299. The van der Waals surface area contributed by atoms with Crippen LogP contribution in [0.15, 0.2) is 24.3 Å². The summed E-state index contributed by atoms with van der Waals surface area (Å²) in [5, 5.41) is 3.30. The van der Waals surface area contributed by atoms with E-state index in [2.05, 4.69) is 19.2 Å². The third-order valence-electron chi connectivity index (χ3n) is 2.26. The number of nitrogens with one attached hydrogen (secondary N) is 1. The van der Waals surface area contributed by atoms with Crippen molar-refractivity contribution in [1.29, 1.82) is 0 Å². The molecule has 0 amide bonds. The summed E-state index contributed by atoms with van der Waals surface area (Å²) in [6.07, 6.45) is 0. The summed E-state index contributed by atoms with van der Waals surface area (Å²) >= 11 is 0. The van der Waals surface area contributed by atoms with E-state index in [1.165, 1.54) is 6.07 Å². The third kappa shape index (κ3) is 3.88. The smallest absolute Gasteiger partial charge is 0.146 e. The first kappa shape index (κ1) is 12.0. The molecule has 0 saturated carbocycles. The number of benzene rings is 1. The fourth-order valence-corrected chi connectivity index (χ4v) is 1.40. The average molecular weight is 210 g/mol. The second-order valence-corrected chi connectivity index (χ2v) is 3.98. The predicted molar refractivity (Wildman–Crippen MR) is 62.8 cm³/mol. The van der Waals surface area contributed by atoms with Crippen LogP contribution in [0, 0.1) is 5.82 Å². The first-order valence-electron chi connectivity index (χ1n) is 5.30. The molecule has 0 atom stereocenters. The number of nitrogens with zero attached hydrogens (tertiary/aromatic N) is 1. The van der Waals surface area contributed by atoms with Crippen LogP contribution < -0.4 is 10.2 Å². The zero-order valence-electron chi connectivity index (χ0n) is 9.63. The quantitative estimate of drug-likeness (QED) is 0.802.